The Bertz CT molecular complexity index is 1610. The van der Waals surface area contributed by atoms with Gasteiger partial charge in [0.2, 0.25) is 5.17 Å². The van der Waals surface area contributed by atoms with Crippen molar-refractivity contribution in [3.05, 3.63) is 87.9 Å². The van der Waals surface area contributed by atoms with Crippen molar-refractivity contribution in [2.45, 2.75) is 20.8 Å². The number of hydrazone groups is 1. The van der Waals surface area contributed by atoms with Crippen LogP contribution in [0.25, 0.3) is 6.08 Å². The van der Waals surface area contributed by atoms with Crippen LogP contribution in [-0.2, 0) is 4.79 Å². The number of rotatable bonds is 11. The van der Waals surface area contributed by atoms with Crippen LogP contribution in [0.1, 0.15) is 23.6 Å². The van der Waals surface area contributed by atoms with Crippen molar-refractivity contribution in [1.82, 2.24) is 5.01 Å². The van der Waals surface area contributed by atoms with Crippen molar-refractivity contribution >= 4 is 51.4 Å². The van der Waals surface area contributed by atoms with E-state index in [0.29, 0.717) is 51.3 Å². The molecule has 216 valence electrons. The van der Waals surface area contributed by atoms with E-state index in [-0.39, 0.29) is 24.6 Å². The van der Waals surface area contributed by atoms with Gasteiger partial charge in [0.25, 0.3) is 5.91 Å². The summed E-state index contributed by atoms with van der Waals surface area (Å²) >= 11 is 7.79. The van der Waals surface area contributed by atoms with Crippen molar-refractivity contribution < 1.29 is 23.7 Å². The molecular weight excluding hydrogens is 576 g/mol. The van der Waals surface area contributed by atoms with E-state index < -0.39 is 5.91 Å². The summed E-state index contributed by atoms with van der Waals surface area (Å²) in [6, 6.07) is 18.6. The van der Waals surface area contributed by atoms with Gasteiger partial charge in [-0.3, -0.25) is 10.2 Å². The van der Waals surface area contributed by atoms with E-state index in [9.17, 15) is 4.79 Å². The van der Waals surface area contributed by atoms with Gasteiger partial charge in [0.15, 0.2) is 17.3 Å². The summed E-state index contributed by atoms with van der Waals surface area (Å²) in [7, 11) is 0. The predicted molar refractivity (Wildman–Crippen MR) is 166 cm³/mol. The number of benzene rings is 3. The van der Waals surface area contributed by atoms with Gasteiger partial charge < -0.3 is 18.9 Å². The van der Waals surface area contributed by atoms with Crippen LogP contribution >= 0.6 is 23.4 Å². The number of nitrogens with one attached hydrogen (secondary N) is 1. The van der Waals surface area contributed by atoms with Crippen LogP contribution in [0.2, 0.25) is 5.02 Å². The Hall–Kier alpha value is -4.28. The molecule has 3 aromatic carbocycles. The lowest BCUT2D eigenvalue weighted by Gasteiger charge is -2.20. The third-order valence-corrected chi connectivity index (χ3v) is 7.48. The number of thioether (sulfide) groups is 1. The van der Waals surface area contributed by atoms with Crippen molar-refractivity contribution in [2.75, 3.05) is 26.4 Å². The van der Waals surface area contributed by atoms with Gasteiger partial charge in [0, 0.05) is 0 Å². The minimum Gasteiger partial charge on any atom is -0.490 e. The number of carbonyl (C=O) groups excluding carboxylic acids is 1. The Morgan fingerprint density at radius 1 is 0.952 bits per heavy atom. The first-order valence-electron chi connectivity index (χ1n) is 13.3. The Labute approximate surface area is 253 Å². The van der Waals surface area contributed by atoms with Crippen LogP contribution in [0, 0.1) is 19.3 Å². The monoisotopic (exact) mass is 604 g/mol. The van der Waals surface area contributed by atoms with E-state index in [4.69, 9.17) is 36.0 Å². The molecule has 0 aliphatic carbocycles. The lowest BCUT2D eigenvalue weighted by molar-refractivity contribution is -0.114. The lowest BCUT2D eigenvalue weighted by atomic mass is 10.1. The number of aryl methyl sites for hydroxylation is 2. The van der Waals surface area contributed by atoms with Gasteiger partial charge in [-0.1, -0.05) is 35.9 Å². The number of amides is 1. The van der Waals surface area contributed by atoms with E-state index in [0.717, 1.165) is 11.3 Å². The van der Waals surface area contributed by atoms with E-state index in [2.05, 4.69) is 17.0 Å². The van der Waals surface area contributed by atoms with Crippen LogP contribution in [0.3, 0.4) is 0 Å². The molecule has 42 heavy (non-hydrogen) atoms. The maximum absolute atomic E-state index is 12.9. The van der Waals surface area contributed by atoms with Crippen LogP contribution in [0.4, 0.5) is 0 Å². The third kappa shape index (κ3) is 6.78. The molecule has 11 heteroatoms. The summed E-state index contributed by atoms with van der Waals surface area (Å²) in [6.45, 7) is 7.06. The van der Waals surface area contributed by atoms with Crippen molar-refractivity contribution in [1.29, 1.82) is 5.41 Å². The number of ether oxygens (including phenoxy) is 4. The average molecular weight is 605 g/mol. The molecule has 3 aromatic rings. The number of amidine groups is 2. The number of hydrogen-bond acceptors (Lipinski definition) is 8. The van der Waals surface area contributed by atoms with Crippen molar-refractivity contribution in [3.8, 4) is 23.0 Å². The zero-order valence-electron chi connectivity index (χ0n) is 23.3. The fraction of sp³-hybridized carbons (Fsp3) is 0.226. The molecule has 2 aliphatic rings. The maximum atomic E-state index is 12.9. The molecule has 0 unspecified atom stereocenters. The highest BCUT2D eigenvalue weighted by molar-refractivity contribution is 8.27. The minimum atomic E-state index is -0.544. The second-order valence-corrected chi connectivity index (χ2v) is 10.8. The highest BCUT2D eigenvalue weighted by Gasteiger charge is 2.36. The molecule has 0 atom stereocenters. The number of aliphatic imine (C=N–C) groups is 1. The summed E-state index contributed by atoms with van der Waals surface area (Å²) in [6.07, 6.45) is 1.55. The summed E-state index contributed by atoms with van der Waals surface area (Å²) < 4.78 is 23.3. The van der Waals surface area contributed by atoms with Crippen molar-refractivity contribution in [3.63, 3.8) is 0 Å². The van der Waals surface area contributed by atoms with E-state index in [1.807, 2.05) is 62.4 Å². The first-order valence-corrected chi connectivity index (χ1v) is 14.5. The van der Waals surface area contributed by atoms with Gasteiger partial charge in [0.1, 0.15) is 36.4 Å². The number of fused-ring (bicyclic) bond motifs is 1. The second kappa shape index (κ2) is 13.1. The number of nitrogens with zero attached hydrogens (tertiary/aromatic N) is 3. The molecule has 9 nitrogen and oxygen atoms in total. The van der Waals surface area contributed by atoms with Crippen molar-refractivity contribution in [2.24, 2.45) is 10.1 Å². The van der Waals surface area contributed by atoms with Crippen LogP contribution in [0.5, 0.6) is 23.0 Å². The Morgan fingerprint density at radius 2 is 1.74 bits per heavy atom. The van der Waals surface area contributed by atoms with Crippen LogP contribution in [-0.4, -0.2) is 53.4 Å². The highest BCUT2D eigenvalue weighted by Crippen LogP contribution is 2.38. The first-order chi connectivity index (χ1) is 20.3. The Morgan fingerprint density at radius 3 is 2.50 bits per heavy atom. The molecule has 0 fully saturated rings. The molecule has 1 N–H and O–H groups in total. The maximum Gasteiger partial charge on any atom is 0.283 e. The quantitative estimate of drug-likeness (QED) is 0.196. The van der Waals surface area contributed by atoms with Gasteiger partial charge in [-0.05, 0) is 91.7 Å². The molecule has 0 aromatic heterocycles. The zero-order chi connectivity index (χ0) is 29.6. The second-order valence-electron chi connectivity index (χ2n) is 9.32. The number of halogens is 1. The highest BCUT2D eigenvalue weighted by atomic mass is 35.5. The standard InChI is InChI=1S/C31H29ClN4O5S/c1-4-38-26-17-21(16-25(32)28(26)40-13-12-39-23-11-10-19(2)20(3)14-23)15-24-29(33)36-31(34-30(24)37)42-27(35-36)18-41-22-8-6-5-7-9-22/h5-11,14-17,33H,4,12-13,18H2,1-3H3/b24-15-,33-29?. The molecule has 0 radical (unpaired) electrons. The topological polar surface area (TPSA) is 106 Å². The number of para-hydroxylation sites is 1. The predicted octanol–water partition coefficient (Wildman–Crippen LogP) is 6.51. The van der Waals surface area contributed by atoms with Gasteiger partial charge in [-0.15, -0.1) is 0 Å². The molecule has 0 saturated carbocycles. The molecule has 0 spiro atoms. The molecular formula is C31H29ClN4O5S. The fourth-order valence-corrected chi connectivity index (χ4v) is 5.17. The Balaban J connectivity index is 1.28. The van der Waals surface area contributed by atoms with E-state index >= 15 is 0 Å². The lowest BCUT2D eigenvalue weighted by Crippen LogP contribution is -2.35. The number of hydrogen-bond donors (Lipinski definition) is 1. The normalized spacial score (nSPS) is 15.3. The molecule has 0 bridgehead atoms. The van der Waals surface area contributed by atoms with E-state index in [1.165, 1.54) is 22.3 Å². The van der Waals surface area contributed by atoms with Crippen LogP contribution < -0.4 is 18.9 Å². The van der Waals surface area contributed by atoms with Gasteiger partial charge in [-0.25, -0.2) is 0 Å². The van der Waals surface area contributed by atoms with Gasteiger partial charge in [0.05, 0.1) is 17.2 Å². The number of carbonyl (C=O) groups is 1. The summed E-state index contributed by atoms with van der Waals surface area (Å²) in [4.78, 5) is 17.1. The van der Waals surface area contributed by atoms with Crippen LogP contribution in [0.15, 0.2) is 76.3 Å². The summed E-state index contributed by atoms with van der Waals surface area (Å²) in [5.41, 5.74) is 2.98. The van der Waals surface area contributed by atoms with Gasteiger partial charge >= 0.3 is 0 Å². The zero-order valence-corrected chi connectivity index (χ0v) is 24.9. The average Bonchev–Trinajstić information content (AvgIpc) is 3.39. The minimum absolute atomic E-state index is 0.0716. The summed E-state index contributed by atoms with van der Waals surface area (Å²) in [5.74, 6) is 1.61. The molecule has 2 aliphatic heterocycles. The first kappa shape index (κ1) is 29.2. The largest absolute Gasteiger partial charge is 0.490 e. The molecule has 1 amide bonds. The smallest absolute Gasteiger partial charge is 0.283 e. The SMILES string of the molecule is CCOc1cc(/C=C2/C(=N)N3N=C(COc4ccccc4)SC3=NC2=O)cc(Cl)c1OCCOc1ccc(C)c(C)c1. The summed E-state index contributed by atoms with van der Waals surface area (Å²) in [5, 5.41) is 15.6. The van der Waals surface area contributed by atoms with Gasteiger partial charge in [-0.2, -0.15) is 15.1 Å². The molecule has 2 heterocycles. The molecule has 5 rings (SSSR count). The molecule has 0 saturated heterocycles. The third-order valence-electron chi connectivity index (χ3n) is 6.32. The van der Waals surface area contributed by atoms with E-state index in [1.54, 1.807) is 18.2 Å². The Kier molecular flexibility index (Phi) is 9.14. The fourth-order valence-electron chi connectivity index (χ4n) is 4.10.